The molecule has 0 atom stereocenters. The highest BCUT2D eigenvalue weighted by Crippen LogP contribution is 2.34. The van der Waals surface area contributed by atoms with Gasteiger partial charge in [0.1, 0.15) is 23.0 Å². The number of carbonyl (C=O) groups is 1. The molecule has 1 amide bonds. The molecule has 1 aliphatic rings. The average Bonchev–Trinajstić information content (AvgIpc) is 3.11. The van der Waals surface area contributed by atoms with Crippen LogP contribution in [0.25, 0.3) is 16.8 Å². The second-order valence-electron chi connectivity index (χ2n) is 6.56. The molecule has 144 valence electrons. The zero-order valence-electron chi connectivity index (χ0n) is 15.0. The van der Waals surface area contributed by atoms with Crippen molar-refractivity contribution in [2.45, 2.75) is 0 Å². The zero-order valence-corrected chi connectivity index (χ0v) is 15.7. The van der Waals surface area contributed by atoms with Crippen molar-refractivity contribution in [2.24, 2.45) is 0 Å². The maximum atomic E-state index is 14.2. The number of pyridine rings is 1. The molecule has 1 N–H and O–H groups in total. The quantitative estimate of drug-likeness (QED) is 0.685. The normalized spacial score (nSPS) is 14.5. The van der Waals surface area contributed by atoms with Gasteiger partial charge in [0.05, 0.1) is 11.2 Å². The predicted molar refractivity (Wildman–Crippen MR) is 106 cm³/mol. The summed E-state index contributed by atoms with van der Waals surface area (Å²) >= 11 is 6.43. The third-order valence-electron chi connectivity index (χ3n) is 4.91. The lowest BCUT2D eigenvalue weighted by atomic mass is 10.1. The summed E-state index contributed by atoms with van der Waals surface area (Å²) in [6.45, 7) is 6.04. The van der Waals surface area contributed by atoms with Gasteiger partial charge in [-0.1, -0.05) is 18.2 Å². The Morgan fingerprint density at radius 1 is 1.21 bits per heavy atom. The zero-order chi connectivity index (χ0) is 19.8. The van der Waals surface area contributed by atoms with E-state index in [0.717, 1.165) is 5.82 Å². The van der Waals surface area contributed by atoms with E-state index in [1.165, 1.54) is 24.3 Å². The summed E-state index contributed by atoms with van der Waals surface area (Å²) in [7, 11) is 0. The molecule has 28 heavy (non-hydrogen) atoms. The van der Waals surface area contributed by atoms with Crippen molar-refractivity contribution in [3.05, 3.63) is 60.2 Å². The van der Waals surface area contributed by atoms with E-state index in [0.29, 0.717) is 42.4 Å². The van der Waals surface area contributed by atoms with Crippen molar-refractivity contribution in [1.82, 2.24) is 14.3 Å². The molecule has 0 spiro atoms. The van der Waals surface area contributed by atoms with Gasteiger partial charge in [0.15, 0.2) is 0 Å². The average molecular weight is 401 g/mol. The van der Waals surface area contributed by atoms with Gasteiger partial charge in [0.2, 0.25) is 5.91 Å². The second-order valence-corrected chi connectivity index (χ2v) is 6.97. The number of benzene rings is 1. The van der Waals surface area contributed by atoms with Crippen LogP contribution >= 0.6 is 11.6 Å². The largest absolute Gasteiger partial charge is 0.508 e. The number of amides is 1. The Kier molecular flexibility index (Phi) is 4.68. The minimum Gasteiger partial charge on any atom is -0.508 e. The van der Waals surface area contributed by atoms with Gasteiger partial charge in [-0.05, 0) is 30.3 Å². The maximum Gasteiger partial charge on any atom is 0.246 e. The molecular weight excluding hydrogens is 383 g/mol. The van der Waals surface area contributed by atoms with Gasteiger partial charge in [0.25, 0.3) is 0 Å². The van der Waals surface area contributed by atoms with E-state index in [2.05, 4.69) is 16.5 Å². The summed E-state index contributed by atoms with van der Waals surface area (Å²) in [5.74, 6) is 0.270. The summed E-state index contributed by atoms with van der Waals surface area (Å²) in [6, 6.07) is 5.52. The van der Waals surface area contributed by atoms with E-state index in [1.807, 2.05) is 4.40 Å². The van der Waals surface area contributed by atoms with Gasteiger partial charge in [0, 0.05) is 43.5 Å². The van der Waals surface area contributed by atoms with Crippen LogP contribution in [-0.2, 0) is 4.79 Å². The van der Waals surface area contributed by atoms with Gasteiger partial charge in [-0.25, -0.2) is 9.37 Å². The van der Waals surface area contributed by atoms with Gasteiger partial charge < -0.3 is 14.9 Å². The van der Waals surface area contributed by atoms with Gasteiger partial charge in [-0.3, -0.25) is 9.20 Å². The first-order valence-electron chi connectivity index (χ1n) is 8.79. The van der Waals surface area contributed by atoms with Crippen molar-refractivity contribution in [3.63, 3.8) is 0 Å². The number of carbonyl (C=O) groups excluding carboxylic acids is 1. The number of rotatable bonds is 3. The van der Waals surface area contributed by atoms with Crippen LogP contribution in [0.15, 0.2) is 49.3 Å². The van der Waals surface area contributed by atoms with Crippen molar-refractivity contribution >= 4 is 29.0 Å². The molecule has 0 radical (unpaired) electrons. The molecule has 1 saturated heterocycles. The first kappa shape index (κ1) is 18.3. The number of aromatic nitrogens is 2. The standard InChI is InChI=1S/C20H18ClFN4O2/c1-2-20(28)25-7-5-24(6-8-25)19-11-23-18-10-14(16(21)12-26(18)19)15-9-13(27)3-4-17(15)22/h2-4,9-12,27H,1,5-8H2. The first-order valence-corrected chi connectivity index (χ1v) is 9.17. The minimum absolute atomic E-state index is 0.0386. The lowest BCUT2D eigenvalue weighted by Crippen LogP contribution is -2.48. The van der Waals surface area contributed by atoms with E-state index in [-0.39, 0.29) is 17.2 Å². The van der Waals surface area contributed by atoms with Gasteiger partial charge in [-0.15, -0.1) is 0 Å². The fourth-order valence-corrected chi connectivity index (χ4v) is 3.68. The molecule has 0 bridgehead atoms. The van der Waals surface area contributed by atoms with E-state index in [1.54, 1.807) is 23.4 Å². The Bertz CT molecular complexity index is 1070. The lowest BCUT2D eigenvalue weighted by molar-refractivity contribution is -0.126. The molecule has 0 saturated carbocycles. The van der Waals surface area contributed by atoms with Crippen LogP contribution in [0, 0.1) is 5.82 Å². The third kappa shape index (κ3) is 3.18. The van der Waals surface area contributed by atoms with Gasteiger partial charge in [-0.2, -0.15) is 0 Å². The van der Waals surface area contributed by atoms with Crippen LogP contribution in [0.3, 0.4) is 0 Å². The molecule has 1 aromatic carbocycles. The van der Waals surface area contributed by atoms with Crippen molar-refractivity contribution in [1.29, 1.82) is 0 Å². The van der Waals surface area contributed by atoms with Crippen LogP contribution < -0.4 is 4.90 Å². The maximum absolute atomic E-state index is 14.2. The Hall–Kier alpha value is -3.06. The summed E-state index contributed by atoms with van der Waals surface area (Å²) in [4.78, 5) is 20.0. The molecule has 2 aromatic heterocycles. The highest BCUT2D eigenvalue weighted by Gasteiger charge is 2.22. The number of piperazine rings is 1. The molecule has 8 heteroatoms. The monoisotopic (exact) mass is 400 g/mol. The smallest absolute Gasteiger partial charge is 0.246 e. The van der Waals surface area contributed by atoms with Crippen molar-refractivity contribution < 1.29 is 14.3 Å². The summed E-state index contributed by atoms with van der Waals surface area (Å²) in [6.07, 6.45) is 4.75. The molecule has 0 unspecified atom stereocenters. The van der Waals surface area contributed by atoms with Gasteiger partial charge >= 0.3 is 0 Å². The second kappa shape index (κ2) is 7.16. The molecule has 4 rings (SSSR count). The van der Waals surface area contributed by atoms with E-state index in [9.17, 15) is 14.3 Å². The Morgan fingerprint density at radius 2 is 1.96 bits per heavy atom. The van der Waals surface area contributed by atoms with Crippen LogP contribution in [0.1, 0.15) is 0 Å². The molecule has 0 aliphatic carbocycles. The van der Waals surface area contributed by atoms with Crippen molar-refractivity contribution in [3.8, 4) is 16.9 Å². The number of anilines is 1. The highest BCUT2D eigenvalue weighted by molar-refractivity contribution is 6.33. The number of hydrogen-bond acceptors (Lipinski definition) is 4. The van der Waals surface area contributed by atoms with Crippen LogP contribution in [0.2, 0.25) is 5.02 Å². The Labute approximate surface area is 166 Å². The van der Waals surface area contributed by atoms with E-state index >= 15 is 0 Å². The van der Waals surface area contributed by atoms with Crippen LogP contribution in [0.4, 0.5) is 10.2 Å². The SMILES string of the molecule is C=CC(=O)N1CCN(c2cnc3cc(-c4cc(O)ccc4F)c(Cl)cn23)CC1. The van der Waals surface area contributed by atoms with E-state index in [4.69, 9.17) is 11.6 Å². The molecule has 1 fully saturated rings. The number of aromatic hydroxyl groups is 1. The van der Waals surface area contributed by atoms with Crippen LogP contribution in [-0.4, -0.2) is 51.5 Å². The van der Waals surface area contributed by atoms with Crippen LogP contribution in [0.5, 0.6) is 5.75 Å². The Morgan fingerprint density at radius 3 is 2.68 bits per heavy atom. The summed E-state index contributed by atoms with van der Waals surface area (Å²) < 4.78 is 16.1. The number of phenols is 1. The fourth-order valence-electron chi connectivity index (χ4n) is 3.43. The number of phenolic OH excluding ortho intramolecular Hbond substituents is 1. The van der Waals surface area contributed by atoms with E-state index < -0.39 is 5.82 Å². The molecular formula is C20H18ClFN4O2. The fraction of sp³-hybridized carbons (Fsp3) is 0.200. The summed E-state index contributed by atoms with van der Waals surface area (Å²) in [5, 5.41) is 10.0. The number of halogens is 2. The number of hydrogen-bond donors (Lipinski definition) is 1. The molecule has 3 aromatic rings. The molecule has 3 heterocycles. The third-order valence-corrected chi connectivity index (χ3v) is 5.21. The predicted octanol–water partition coefficient (Wildman–Crippen LogP) is 3.33. The molecule has 6 nitrogen and oxygen atoms in total. The number of fused-ring (bicyclic) bond motifs is 1. The summed E-state index contributed by atoms with van der Waals surface area (Å²) in [5.41, 5.74) is 1.29. The number of imidazole rings is 1. The minimum atomic E-state index is -0.473. The lowest BCUT2D eigenvalue weighted by Gasteiger charge is -2.35. The molecule has 1 aliphatic heterocycles. The number of nitrogens with zero attached hydrogens (tertiary/aromatic N) is 4. The highest BCUT2D eigenvalue weighted by atomic mass is 35.5. The first-order chi connectivity index (χ1) is 13.5. The Balaban J connectivity index is 1.67. The van der Waals surface area contributed by atoms with Crippen molar-refractivity contribution in [2.75, 3.05) is 31.1 Å². The topological polar surface area (TPSA) is 61.1 Å².